The van der Waals surface area contributed by atoms with E-state index in [0.29, 0.717) is 12.2 Å². The van der Waals surface area contributed by atoms with Crippen LogP contribution < -0.4 is 5.56 Å². The van der Waals surface area contributed by atoms with E-state index in [9.17, 15) is 9.59 Å². The third-order valence-corrected chi connectivity index (χ3v) is 2.53. The van der Waals surface area contributed by atoms with Crippen molar-refractivity contribution in [3.05, 3.63) is 34.2 Å². The predicted molar refractivity (Wildman–Crippen MR) is 62.4 cm³/mol. The number of carbonyl (C=O) groups excluding carboxylic acids is 1. The fourth-order valence-corrected chi connectivity index (χ4v) is 1.43. The molecule has 0 bridgehead atoms. The van der Waals surface area contributed by atoms with Crippen LogP contribution in [0.5, 0.6) is 0 Å². The minimum absolute atomic E-state index is 0.159. The number of hydrogen-bond acceptors (Lipinski definition) is 2. The largest absolute Gasteiger partial charge is 0.340 e. The first-order chi connectivity index (χ1) is 7.15. The Labute approximate surface area is 96.4 Å². The lowest BCUT2D eigenvalue weighted by Crippen LogP contribution is -2.29. The Hall–Kier alpha value is -1.10. The van der Waals surface area contributed by atoms with E-state index in [4.69, 9.17) is 0 Å². The van der Waals surface area contributed by atoms with Gasteiger partial charge in [0, 0.05) is 25.0 Å². The van der Waals surface area contributed by atoms with Crippen molar-refractivity contribution >= 4 is 21.8 Å². The standard InChI is InChI=1S/C10H13BrN2O2/c1-13(7-3-6-11)10(15)8-4-2-5-9(14)12-8/h2,4-5H,3,6-7H2,1H3,(H,12,14). The van der Waals surface area contributed by atoms with Gasteiger partial charge in [-0.2, -0.15) is 0 Å². The summed E-state index contributed by atoms with van der Waals surface area (Å²) in [7, 11) is 1.72. The Morgan fingerprint density at radius 2 is 2.27 bits per heavy atom. The molecular formula is C10H13BrN2O2. The molecule has 0 aliphatic heterocycles. The first kappa shape index (κ1) is 12.0. The van der Waals surface area contributed by atoms with Crippen LogP contribution in [0.1, 0.15) is 16.9 Å². The van der Waals surface area contributed by atoms with Crippen molar-refractivity contribution in [2.24, 2.45) is 0 Å². The van der Waals surface area contributed by atoms with E-state index in [2.05, 4.69) is 20.9 Å². The lowest BCUT2D eigenvalue weighted by Gasteiger charge is -2.15. The number of H-pyrrole nitrogens is 1. The molecule has 4 nitrogen and oxygen atoms in total. The molecule has 0 saturated carbocycles. The van der Waals surface area contributed by atoms with Gasteiger partial charge in [-0.15, -0.1) is 0 Å². The van der Waals surface area contributed by atoms with Crippen LogP contribution in [0.4, 0.5) is 0 Å². The molecule has 0 unspecified atom stereocenters. The van der Waals surface area contributed by atoms with Gasteiger partial charge < -0.3 is 9.88 Å². The average Bonchev–Trinajstić information content (AvgIpc) is 2.24. The smallest absolute Gasteiger partial charge is 0.270 e. The van der Waals surface area contributed by atoms with Crippen molar-refractivity contribution < 1.29 is 4.79 Å². The van der Waals surface area contributed by atoms with Crippen molar-refractivity contribution in [3.8, 4) is 0 Å². The summed E-state index contributed by atoms with van der Waals surface area (Å²) in [5, 5.41) is 0.857. The van der Waals surface area contributed by atoms with Crippen LogP contribution in [0, 0.1) is 0 Å². The molecule has 0 aliphatic rings. The number of alkyl halides is 1. The van der Waals surface area contributed by atoms with Crippen molar-refractivity contribution in [1.29, 1.82) is 0 Å². The summed E-state index contributed by atoms with van der Waals surface area (Å²) in [6.07, 6.45) is 0.888. The molecule has 0 aromatic carbocycles. The van der Waals surface area contributed by atoms with Gasteiger partial charge in [0.15, 0.2) is 0 Å². The molecule has 5 heteroatoms. The third-order valence-electron chi connectivity index (χ3n) is 1.97. The Balaban J connectivity index is 2.72. The minimum Gasteiger partial charge on any atom is -0.340 e. The number of nitrogens with zero attached hydrogens (tertiary/aromatic N) is 1. The van der Waals surface area contributed by atoms with Crippen LogP contribution in [0.3, 0.4) is 0 Å². The zero-order chi connectivity index (χ0) is 11.3. The van der Waals surface area contributed by atoms with Crippen LogP contribution in [-0.4, -0.2) is 34.7 Å². The Morgan fingerprint density at radius 3 is 2.87 bits per heavy atom. The number of aromatic nitrogens is 1. The summed E-state index contributed by atoms with van der Waals surface area (Å²) >= 11 is 3.30. The second kappa shape index (κ2) is 5.70. The molecule has 1 rings (SSSR count). The second-order valence-corrected chi connectivity index (χ2v) is 3.99. The highest BCUT2D eigenvalue weighted by molar-refractivity contribution is 9.09. The van der Waals surface area contributed by atoms with Crippen LogP contribution >= 0.6 is 15.9 Å². The molecule has 15 heavy (non-hydrogen) atoms. The number of rotatable bonds is 4. The summed E-state index contributed by atoms with van der Waals surface area (Å²) < 4.78 is 0. The highest BCUT2D eigenvalue weighted by atomic mass is 79.9. The van der Waals surface area contributed by atoms with Gasteiger partial charge in [-0.25, -0.2) is 0 Å². The molecule has 1 amide bonds. The molecule has 0 spiro atoms. The fraction of sp³-hybridized carbons (Fsp3) is 0.400. The van der Waals surface area contributed by atoms with Gasteiger partial charge in [0.25, 0.3) is 5.91 Å². The van der Waals surface area contributed by atoms with Crippen LogP contribution in [0.15, 0.2) is 23.0 Å². The van der Waals surface area contributed by atoms with Crippen LogP contribution in [0.25, 0.3) is 0 Å². The summed E-state index contributed by atoms with van der Waals surface area (Å²) in [5.41, 5.74) is 0.0781. The monoisotopic (exact) mass is 272 g/mol. The number of nitrogens with one attached hydrogen (secondary N) is 1. The first-order valence-corrected chi connectivity index (χ1v) is 5.78. The highest BCUT2D eigenvalue weighted by Crippen LogP contribution is 1.99. The Kier molecular flexibility index (Phi) is 4.55. The van der Waals surface area contributed by atoms with Gasteiger partial charge in [-0.3, -0.25) is 9.59 Å². The van der Waals surface area contributed by atoms with E-state index in [-0.39, 0.29) is 11.5 Å². The molecule has 1 aromatic rings. The Morgan fingerprint density at radius 1 is 1.53 bits per heavy atom. The van der Waals surface area contributed by atoms with Crippen molar-refractivity contribution in [2.75, 3.05) is 18.9 Å². The summed E-state index contributed by atoms with van der Waals surface area (Å²) in [6, 6.07) is 4.56. The topological polar surface area (TPSA) is 53.2 Å². The lowest BCUT2D eigenvalue weighted by molar-refractivity contribution is 0.0789. The maximum Gasteiger partial charge on any atom is 0.270 e. The number of aromatic amines is 1. The highest BCUT2D eigenvalue weighted by Gasteiger charge is 2.11. The maximum absolute atomic E-state index is 11.7. The molecule has 1 aromatic heterocycles. The van der Waals surface area contributed by atoms with E-state index in [1.165, 1.54) is 6.07 Å². The van der Waals surface area contributed by atoms with E-state index >= 15 is 0 Å². The fourth-order valence-electron chi connectivity index (χ4n) is 1.18. The Bertz CT molecular complexity index is 389. The average molecular weight is 273 g/mol. The van der Waals surface area contributed by atoms with Gasteiger partial charge in [-0.1, -0.05) is 22.0 Å². The van der Waals surface area contributed by atoms with Gasteiger partial charge in [0.1, 0.15) is 5.69 Å². The summed E-state index contributed by atoms with van der Waals surface area (Å²) in [4.78, 5) is 26.8. The number of amides is 1. The van der Waals surface area contributed by atoms with E-state index < -0.39 is 0 Å². The SMILES string of the molecule is CN(CCCBr)C(=O)c1cccc(=O)[nH]1. The van der Waals surface area contributed by atoms with Gasteiger partial charge in [-0.05, 0) is 12.5 Å². The zero-order valence-electron chi connectivity index (χ0n) is 8.50. The second-order valence-electron chi connectivity index (χ2n) is 3.20. The van der Waals surface area contributed by atoms with E-state index in [1.54, 1.807) is 24.1 Å². The summed E-state index contributed by atoms with van der Waals surface area (Å²) in [5.74, 6) is -0.159. The third kappa shape index (κ3) is 3.51. The van der Waals surface area contributed by atoms with Crippen molar-refractivity contribution in [3.63, 3.8) is 0 Å². The first-order valence-electron chi connectivity index (χ1n) is 4.66. The van der Waals surface area contributed by atoms with Gasteiger partial charge >= 0.3 is 0 Å². The number of pyridine rings is 1. The zero-order valence-corrected chi connectivity index (χ0v) is 10.1. The minimum atomic E-state index is -0.255. The molecule has 0 fully saturated rings. The van der Waals surface area contributed by atoms with E-state index in [0.717, 1.165) is 11.8 Å². The molecule has 0 radical (unpaired) electrons. The molecule has 0 saturated heterocycles. The predicted octanol–water partition coefficient (Wildman–Crippen LogP) is 1.23. The van der Waals surface area contributed by atoms with Crippen molar-refractivity contribution in [2.45, 2.75) is 6.42 Å². The van der Waals surface area contributed by atoms with Gasteiger partial charge in [0.2, 0.25) is 5.56 Å². The quantitative estimate of drug-likeness (QED) is 0.839. The van der Waals surface area contributed by atoms with Crippen molar-refractivity contribution in [1.82, 2.24) is 9.88 Å². The van der Waals surface area contributed by atoms with Crippen LogP contribution in [0.2, 0.25) is 0 Å². The normalized spacial score (nSPS) is 10.0. The molecule has 1 heterocycles. The molecular weight excluding hydrogens is 260 g/mol. The van der Waals surface area contributed by atoms with Crippen LogP contribution in [-0.2, 0) is 0 Å². The molecule has 0 aliphatic carbocycles. The van der Waals surface area contributed by atoms with Gasteiger partial charge in [0.05, 0.1) is 0 Å². The molecule has 0 atom stereocenters. The number of carbonyl (C=O) groups is 1. The molecule has 82 valence electrons. The van der Waals surface area contributed by atoms with E-state index in [1.807, 2.05) is 0 Å². The maximum atomic E-state index is 11.7. The summed E-state index contributed by atoms with van der Waals surface area (Å²) in [6.45, 7) is 0.668. The number of halogens is 1. The molecule has 1 N–H and O–H groups in total. The number of hydrogen-bond donors (Lipinski definition) is 1. The lowest BCUT2D eigenvalue weighted by atomic mass is 10.3.